The molecular weight excluding hydrogens is 244 g/mol. The molecule has 0 saturated heterocycles. The summed E-state index contributed by atoms with van der Waals surface area (Å²) in [7, 11) is 1.92. The lowest BCUT2D eigenvalue weighted by Crippen LogP contribution is -2.23. The van der Waals surface area contributed by atoms with E-state index >= 15 is 0 Å². The van der Waals surface area contributed by atoms with Crippen molar-refractivity contribution >= 4 is 11.9 Å². The number of aromatic nitrogens is 2. The van der Waals surface area contributed by atoms with Gasteiger partial charge in [0.15, 0.2) is 0 Å². The Bertz CT molecular complexity index is 423. The SMILES string of the molecule is CCOC(=O)c1cnc(NCC(C)CNC)nc1C. The minimum absolute atomic E-state index is 0.347. The summed E-state index contributed by atoms with van der Waals surface area (Å²) in [4.78, 5) is 20.0. The van der Waals surface area contributed by atoms with E-state index in [1.165, 1.54) is 6.20 Å². The van der Waals surface area contributed by atoms with E-state index in [9.17, 15) is 4.79 Å². The van der Waals surface area contributed by atoms with Crippen molar-refractivity contribution in [3.8, 4) is 0 Å². The zero-order valence-electron chi connectivity index (χ0n) is 12.0. The van der Waals surface area contributed by atoms with Crippen LogP contribution in [0.15, 0.2) is 6.20 Å². The molecule has 1 heterocycles. The van der Waals surface area contributed by atoms with Crippen molar-refractivity contribution in [1.82, 2.24) is 15.3 Å². The molecule has 0 fully saturated rings. The van der Waals surface area contributed by atoms with Gasteiger partial charge in [0, 0.05) is 12.7 Å². The molecule has 0 amide bonds. The van der Waals surface area contributed by atoms with E-state index in [1.54, 1.807) is 13.8 Å². The average molecular weight is 266 g/mol. The number of ether oxygens (including phenoxy) is 1. The van der Waals surface area contributed by atoms with Crippen LogP contribution < -0.4 is 10.6 Å². The van der Waals surface area contributed by atoms with Gasteiger partial charge in [0.05, 0.1) is 17.9 Å². The zero-order valence-corrected chi connectivity index (χ0v) is 12.0. The lowest BCUT2D eigenvalue weighted by molar-refractivity contribution is 0.0524. The van der Waals surface area contributed by atoms with Gasteiger partial charge in [-0.3, -0.25) is 0 Å². The molecule has 1 aromatic heterocycles. The van der Waals surface area contributed by atoms with Crippen LogP contribution in [0.2, 0.25) is 0 Å². The molecule has 106 valence electrons. The Hall–Kier alpha value is -1.69. The fourth-order valence-corrected chi connectivity index (χ4v) is 1.65. The zero-order chi connectivity index (χ0) is 14.3. The van der Waals surface area contributed by atoms with E-state index in [-0.39, 0.29) is 5.97 Å². The van der Waals surface area contributed by atoms with Crippen LogP contribution in [0, 0.1) is 12.8 Å². The summed E-state index contributed by atoms with van der Waals surface area (Å²) in [5.74, 6) is 0.627. The van der Waals surface area contributed by atoms with E-state index in [1.807, 2.05) is 7.05 Å². The number of carbonyl (C=O) groups excluding carboxylic acids is 1. The lowest BCUT2D eigenvalue weighted by Gasteiger charge is -2.12. The summed E-state index contributed by atoms with van der Waals surface area (Å²) in [6.07, 6.45) is 1.51. The molecule has 0 aliphatic carbocycles. The van der Waals surface area contributed by atoms with Crippen molar-refractivity contribution in [1.29, 1.82) is 0 Å². The summed E-state index contributed by atoms with van der Waals surface area (Å²) in [6.45, 7) is 7.72. The maximum atomic E-state index is 11.6. The van der Waals surface area contributed by atoms with E-state index in [4.69, 9.17) is 4.74 Å². The fraction of sp³-hybridized carbons (Fsp3) is 0.615. The van der Waals surface area contributed by atoms with Crippen LogP contribution in [0.1, 0.15) is 29.9 Å². The molecule has 1 rings (SSSR count). The van der Waals surface area contributed by atoms with Crippen LogP contribution in [0.4, 0.5) is 5.95 Å². The summed E-state index contributed by atoms with van der Waals surface area (Å²) >= 11 is 0. The van der Waals surface area contributed by atoms with Gasteiger partial charge in [-0.15, -0.1) is 0 Å². The monoisotopic (exact) mass is 266 g/mol. The van der Waals surface area contributed by atoms with Gasteiger partial charge >= 0.3 is 5.97 Å². The van der Waals surface area contributed by atoms with E-state index < -0.39 is 0 Å². The minimum atomic E-state index is -0.380. The highest BCUT2D eigenvalue weighted by atomic mass is 16.5. The first-order chi connectivity index (χ1) is 9.08. The Labute approximate surface area is 114 Å². The van der Waals surface area contributed by atoms with Crippen LogP contribution in [-0.4, -0.2) is 42.7 Å². The molecule has 1 unspecified atom stereocenters. The van der Waals surface area contributed by atoms with Crippen molar-refractivity contribution in [2.24, 2.45) is 5.92 Å². The first kappa shape index (κ1) is 15.4. The van der Waals surface area contributed by atoms with Gasteiger partial charge in [-0.1, -0.05) is 6.92 Å². The van der Waals surface area contributed by atoms with Gasteiger partial charge in [0.25, 0.3) is 0 Å². The molecule has 0 spiro atoms. The Morgan fingerprint density at radius 3 is 2.79 bits per heavy atom. The summed E-state index contributed by atoms with van der Waals surface area (Å²) in [5, 5.41) is 6.27. The third-order valence-electron chi connectivity index (χ3n) is 2.64. The third kappa shape index (κ3) is 4.82. The molecule has 0 aliphatic heterocycles. The summed E-state index contributed by atoms with van der Waals surface area (Å²) < 4.78 is 4.93. The fourth-order valence-electron chi connectivity index (χ4n) is 1.65. The topological polar surface area (TPSA) is 76.1 Å². The van der Waals surface area contributed by atoms with Crippen LogP contribution in [-0.2, 0) is 4.74 Å². The van der Waals surface area contributed by atoms with Crippen molar-refractivity contribution < 1.29 is 9.53 Å². The Kier molecular flexibility index (Phi) is 6.21. The molecule has 0 aromatic carbocycles. The second-order valence-electron chi connectivity index (χ2n) is 4.46. The highest BCUT2D eigenvalue weighted by Crippen LogP contribution is 2.09. The van der Waals surface area contributed by atoms with Gasteiger partial charge in [-0.25, -0.2) is 14.8 Å². The number of hydrogen-bond donors (Lipinski definition) is 2. The van der Waals surface area contributed by atoms with Crippen LogP contribution in [0.25, 0.3) is 0 Å². The number of nitrogens with zero attached hydrogens (tertiary/aromatic N) is 2. The summed E-state index contributed by atoms with van der Waals surface area (Å²) in [6, 6.07) is 0. The smallest absolute Gasteiger partial charge is 0.341 e. The molecule has 0 saturated carbocycles. The average Bonchev–Trinajstić information content (AvgIpc) is 2.37. The molecule has 0 aliphatic rings. The van der Waals surface area contributed by atoms with Gasteiger partial charge in [-0.2, -0.15) is 0 Å². The van der Waals surface area contributed by atoms with Gasteiger partial charge in [0.1, 0.15) is 0 Å². The molecule has 0 bridgehead atoms. The number of rotatable bonds is 7. The number of nitrogens with one attached hydrogen (secondary N) is 2. The van der Waals surface area contributed by atoms with Crippen LogP contribution >= 0.6 is 0 Å². The number of hydrogen-bond acceptors (Lipinski definition) is 6. The van der Waals surface area contributed by atoms with Crippen molar-refractivity contribution in [2.45, 2.75) is 20.8 Å². The second-order valence-corrected chi connectivity index (χ2v) is 4.46. The maximum absolute atomic E-state index is 11.6. The van der Waals surface area contributed by atoms with Gasteiger partial charge in [0.2, 0.25) is 5.95 Å². The first-order valence-electron chi connectivity index (χ1n) is 6.47. The molecule has 0 radical (unpaired) electrons. The minimum Gasteiger partial charge on any atom is -0.462 e. The summed E-state index contributed by atoms with van der Waals surface area (Å²) in [5.41, 5.74) is 1.04. The van der Waals surface area contributed by atoms with Crippen LogP contribution in [0.3, 0.4) is 0 Å². The molecule has 6 heteroatoms. The highest BCUT2D eigenvalue weighted by molar-refractivity contribution is 5.90. The first-order valence-corrected chi connectivity index (χ1v) is 6.47. The molecule has 19 heavy (non-hydrogen) atoms. The van der Waals surface area contributed by atoms with E-state index in [0.29, 0.717) is 29.7 Å². The number of aryl methyl sites for hydroxylation is 1. The third-order valence-corrected chi connectivity index (χ3v) is 2.64. The standard InChI is InChI=1S/C13H22N4O2/c1-5-19-12(18)11-8-16-13(17-10(11)3)15-7-9(2)6-14-4/h8-9,14H,5-7H2,1-4H3,(H,15,16,17). The molecule has 6 nitrogen and oxygen atoms in total. The quantitative estimate of drug-likeness (QED) is 0.723. The normalized spacial score (nSPS) is 12.0. The molecule has 1 aromatic rings. The maximum Gasteiger partial charge on any atom is 0.341 e. The number of esters is 1. The van der Waals surface area contributed by atoms with E-state index in [0.717, 1.165) is 13.1 Å². The second kappa shape index (κ2) is 7.68. The van der Waals surface area contributed by atoms with Gasteiger partial charge < -0.3 is 15.4 Å². The Morgan fingerprint density at radius 2 is 2.21 bits per heavy atom. The van der Waals surface area contributed by atoms with Crippen LogP contribution in [0.5, 0.6) is 0 Å². The largest absolute Gasteiger partial charge is 0.462 e. The number of carbonyl (C=O) groups is 1. The lowest BCUT2D eigenvalue weighted by atomic mass is 10.2. The molecule has 2 N–H and O–H groups in total. The Morgan fingerprint density at radius 1 is 1.47 bits per heavy atom. The van der Waals surface area contributed by atoms with Crippen molar-refractivity contribution in [2.75, 3.05) is 32.1 Å². The van der Waals surface area contributed by atoms with E-state index in [2.05, 4.69) is 27.5 Å². The van der Waals surface area contributed by atoms with Crippen molar-refractivity contribution in [3.63, 3.8) is 0 Å². The highest BCUT2D eigenvalue weighted by Gasteiger charge is 2.12. The molecule has 1 atom stereocenters. The van der Waals surface area contributed by atoms with Gasteiger partial charge in [-0.05, 0) is 33.4 Å². The van der Waals surface area contributed by atoms with Crippen molar-refractivity contribution in [3.05, 3.63) is 17.5 Å². The predicted molar refractivity (Wildman–Crippen MR) is 74.3 cm³/mol. The predicted octanol–water partition coefficient (Wildman–Crippen LogP) is 1.23. The number of anilines is 1. The Balaban J connectivity index is 2.64. The molecular formula is C13H22N4O2.